The minimum Gasteiger partial charge on any atom is -0.341 e. The van der Waals surface area contributed by atoms with Crippen LogP contribution in [0, 0.1) is 0 Å². The molecule has 0 aliphatic carbocycles. The van der Waals surface area contributed by atoms with Gasteiger partial charge in [-0.15, -0.1) is 21.5 Å². The van der Waals surface area contributed by atoms with E-state index in [1.807, 2.05) is 6.92 Å². The molecule has 18 heavy (non-hydrogen) atoms. The number of H-pyrrole nitrogens is 1. The van der Waals surface area contributed by atoms with Gasteiger partial charge in [0.1, 0.15) is 10.7 Å². The van der Waals surface area contributed by atoms with Crippen LogP contribution in [0.15, 0.2) is 5.38 Å². The first-order chi connectivity index (χ1) is 8.58. The van der Waals surface area contributed by atoms with E-state index in [4.69, 9.17) is 5.73 Å². The van der Waals surface area contributed by atoms with Crippen molar-refractivity contribution in [2.75, 3.05) is 0 Å². The maximum atomic E-state index is 11.9. The number of carbonyl (C=O) groups is 1. The third kappa shape index (κ3) is 2.68. The van der Waals surface area contributed by atoms with Gasteiger partial charge in [-0.1, -0.05) is 5.21 Å². The molecule has 0 aromatic carbocycles. The Hall–Kier alpha value is -1.87. The number of rotatable bonds is 4. The summed E-state index contributed by atoms with van der Waals surface area (Å²) in [5, 5.41) is 18.5. The summed E-state index contributed by atoms with van der Waals surface area (Å²) in [6, 6.07) is -0.511. The van der Waals surface area contributed by atoms with E-state index in [1.54, 1.807) is 12.3 Å². The maximum Gasteiger partial charge on any atom is 0.271 e. The summed E-state index contributed by atoms with van der Waals surface area (Å²) >= 11 is 1.36. The zero-order valence-electron chi connectivity index (χ0n) is 9.91. The standard InChI is InChI=1S/C9H13N7OS/c1-4(10)9-12-6(3-18-9)8(17)11-5(2)7-13-15-16-14-7/h3-5H,10H2,1-2H3,(H,11,17)(H,13,14,15,16). The van der Waals surface area contributed by atoms with Crippen molar-refractivity contribution in [3.8, 4) is 0 Å². The average Bonchev–Trinajstić information content (AvgIpc) is 3.00. The molecular formula is C9H13N7OS. The van der Waals surface area contributed by atoms with Crippen molar-refractivity contribution in [3.05, 3.63) is 21.9 Å². The molecule has 0 saturated heterocycles. The van der Waals surface area contributed by atoms with Crippen LogP contribution in [-0.4, -0.2) is 31.5 Å². The molecule has 0 spiro atoms. The zero-order valence-corrected chi connectivity index (χ0v) is 10.7. The fourth-order valence-corrected chi connectivity index (χ4v) is 2.05. The number of aromatic amines is 1. The molecule has 8 nitrogen and oxygen atoms in total. The first kappa shape index (κ1) is 12.6. The summed E-state index contributed by atoms with van der Waals surface area (Å²) in [4.78, 5) is 16.1. The molecule has 0 fully saturated rings. The third-order valence-corrected chi connectivity index (χ3v) is 3.29. The highest BCUT2D eigenvalue weighted by Crippen LogP contribution is 2.16. The van der Waals surface area contributed by atoms with Crippen LogP contribution in [0.5, 0.6) is 0 Å². The summed E-state index contributed by atoms with van der Waals surface area (Å²) in [5.41, 5.74) is 6.04. The van der Waals surface area contributed by atoms with Crippen molar-refractivity contribution < 1.29 is 4.79 Å². The highest BCUT2D eigenvalue weighted by molar-refractivity contribution is 7.09. The molecule has 2 unspecified atom stereocenters. The molecule has 2 atom stereocenters. The fraction of sp³-hybridized carbons (Fsp3) is 0.444. The molecule has 4 N–H and O–H groups in total. The number of nitrogens with one attached hydrogen (secondary N) is 2. The van der Waals surface area contributed by atoms with Crippen molar-refractivity contribution >= 4 is 17.2 Å². The maximum absolute atomic E-state index is 11.9. The smallest absolute Gasteiger partial charge is 0.271 e. The lowest BCUT2D eigenvalue weighted by Gasteiger charge is -2.07. The number of nitrogens with two attached hydrogens (primary N) is 1. The van der Waals surface area contributed by atoms with Gasteiger partial charge >= 0.3 is 0 Å². The fourth-order valence-electron chi connectivity index (χ4n) is 1.29. The van der Waals surface area contributed by atoms with E-state index < -0.39 is 0 Å². The molecule has 2 aromatic heterocycles. The number of hydrogen-bond acceptors (Lipinski definition) is 7. The third-order valence-electron chi connectivity index (χ3n) is 2.24. The van der Waals surface area contributed by atoms with E-state index in [0.717, 1.165) is 5.01 Å². The van der Waals surface area contributed by atoms with Gasteiger partial charge in [-0.2, -0.15) is 5.21 Å². The normalized spacial score (nSPS) is 14.2. The van der Waals surface area contributed by atoms with E-state index in [2.05, 4.69) is 30.9 Å². The Balaban J connectivity index is 2.03. The summed E-state index contributed by atoms with van der Waals surface area (Å²) < 4.78 is 0. The minimum atomic E-state index is -0.336. The van der Waals surface area contributed by atoms with Crippen molar-refractivity contribution in [3.63, 3.8) is 0 Å². The Morgan fingerprint density at radius 1 is 1.56 bits per heavy atom. The van der Waals surface area contributed by atoms with Crippen molar-refractivity contribution in [1.82, 2.24) is 30.9 Å². The molecule has 1 amide bonds. The van der Waals surface area contributed by atoms with Gasteiger partial charge in [0, 0.05) is 5.38 Å². The Bertz CT molecular complexity index is 521. The van der Waals surface area contributed by atoms with Crippen LogP contribution in [0.3, 0.4) is 0 Å². The lowest BCUT2D eigenvalue weighted by molar-refractivity contribution is 0.0933. The first-order valence-electron chi connectivity index (χ1n) is 5.33. The highest BCUT2D eigenvalue weighted by atomic mass is 32.1. The summed E-state index contributed by atoms with van der Waals surface area (Å²) in [7, 11) is 0. The average molecular weight is 267 g/mol. The van der Waals surface area contributed by atoms with Gasteiger partial charge in [-0.05, 0) is 13.8 Å². The molecule has 96 valence electrons. The van der Waals surface area contributed by atoms with Crippen LogP contribution in [0.4, 0.5) is 0 Å². The van der Waals surface area contributed by atoms with Crippen LogP contribution < -0.4 is 11.1 Å². The van der Waals surface area contributed by atoms with Gasteiger partial charge in [-0.3, -0.25) is 4.79 Å². The van der Waals surface area contributed by atoms with Crippen molar-refractivity contribution in [1.29, 1.82) is 0 Å². The van der Waals surface area contributed by atoms with Gasteiger partial charge in [0.25, 0.3) is 5.91 Å². The lowest BCUT2D eigenvalue weighted by Crippen LogP contribution is -2.27. The number of amides is 1. The topological polar surface area (TPSA) is 122 Å². The van der Waals surface area contributed by atoms with E-state index in [0.29, 0.717) is 11.5 Å². The van der Waals surface area contributed by atoms with E-state index in [9.17, 15) is 4.79 Å². The monoisotopic (exact) mass is 267 g/mol. The van der Waals surface area contributed by atoms with Crippen LogP contribution in [0.2, 0.25) is 0 Å². The Morgan fingerprint density at radius 2 is 2.33 bits per heavy atom. The molecule has 9 heteroatoms. The van der Waals surface area contributed by atoms with Crippen molar-refractivity contribution in [2.45, 2.75) is 25.9 Å². The second-order valence-electron chi connectivity index (χ2n) is 3.82. The largest absolute Gasteiger partial charge is 0.341 e. The first-order valence-corrected chi connectivity index (χ1v) is 6.21. The molecule has 0 saturated carbocycles. The van der Waals surface area contributed by atoms with E-state index in [-0.39, 0.29) is 18.0 Å². The number of thiazole rings is 1. The number of aromatic nitrogens is 5. The second-order valence-corrected chi connectivity index (χ2v) is 4.71. The predicted octanol–water partition coefficient (Wildman–Crippen LogP) is 0.167. The second kappa shape index (κ2) is 5.19. The summed E-state index contributed by atoms with van der Waals surface area (Å²) in [6.07, 6.45) is 0. The Morgan fingerprint density at radius 3 is 2.89 bits per heavy atom. The van der Waals surface area contributed by atoms with Gasteiger partial charge < -0.3 is 11.1 Å². The summed E-state index contributed by atoms with van der Waals surface area (Å²) in [6.45, 7) is 3.59. The summed E-state index contributed by atoms with van der Waals surface area (Å²) in [5.74, 6) is 0.140. The van der Waals surface area contributed by atoms with Crippen LogP contribution >= 0.6 is 11.3 Å². The van der Waals surface area contributed by atoms with Crippen LogP contribution in [0.1, 0.15) is 47.3 Å². The minimum absolute atomic E-state index is 0.175. The Kier molecular flexibility index (Phi) is 3.63. The van der Waals surface area contributed by atoms with E-state index in [1.165, 1.54) is 11.3 Å². The SMILES string of the molecule is CC(N)c1nc(C(=O)NC(C)c2nn[nH]n2)cs1. The predicted molar refractivity (Wildman–Crippen MR) is 64.8 cm³/mol. The molecule has 2 rings (SSSR count). The zero-order chi connectivity index (χ0) is 13.1. The van der Waals surface area contributed by atoms with Gasteiger partial charge in [0.2, 0.25) is 0 Å². The van der Waals surface area contributed by atoms with E-state index >= 15 is 0 Å². The van der Waals surface area contributed by atoms with Gasteiger partial charge in [0.15, 0.2) is 5.82 Å². The van der Waals surface area contributed by atoms with Gasteiger partial charge in [-0.25, -0.2) is 4.98 Å². The molecule has 2 heterocycles. The molecule has 0 radical (unpaired) electrons. The number of tetrazole rings is 1. The molecule has 0 aliphatic heterocycles. The molecule has 0 bridgehead atoms. The van der Waals surface area contributed by atoms with Crippen molar-refractivity contribution in [2.24, 2.45) is 5.73 Å². The molecular weight excluding hydrogens is 254 g/mol. The van der Waals surface area contributed by atoms with Crippen LogP contribution in [0.25, 0.3) is 0 Å². The highest BCUT2D eigenvalue weighted by Gasteiger charge is 2.17. The molecule has 0 aliphatic rings. The quantitative estimate of drug-likeness (QED) is 0.725. The van der Waals surface area contributed by atoms with Crippen LogP contribution in [-0.2, 0) is 0 Å². The number of nitrogens with zero attached hydrogens (tertiary/aromatic N) is 4. The number of hydrogen-bond donors (Lipinski definition) is 3. The number of carbonyl (C=O) groups excluding carboxylic acids is 1. The molecule has 2 aromatic rings. The lowest BCUT2D eigenvalue weighted by atomic mass is 10.3. The van der Waals surface area contributed by atoms with Gasteiger partial charge in [0.05, 0.1) is 12.1 Å². The Labute approximate surface area is 107 Å².